The molecule has 2 aliphatic carbocycles. The molecule has 2 saturated heterocycles. The Morgan fingerprint density at radius 2 is 1.25 bits per heavy atom. The molecule has 2 saturated carbocycles. The van der Waals surface area contributed by atoms with Crippen LogP contribution in [0, 0.1) is 5.82 Å². The van der Waals surface area contributed by atoms with E-state index in [1.165, 1.54) is 18.7 Å². The summed E-state index contributed by atoms with van der Waals surface area (Å²) in [7, 11) is 7.67. The van der Waals surface area contributed by atoms with Crippen molar-refractivity contribution in [2.45, 2.75) is 115 Å². The normalized spacial score (nSPS) is 18.0. The molecule has 4 aliphatic rings. The van der Waals surface area contributed by atoms with E-state index >= 15 is 0 Å². The molecule has 7 aromatic heterocycles. The number of carbonyl (C=O) groups excluding carboxylic acids is 1. The number of aliphatic hydroxyl groups excluding tert-OH is 1. The third-order valence-corrected chi connectivity index (χ3v) is 22.5. The maximum absolute atomic E-state index is 14.1. The number of nitrogens with one attached hydrogen (secondary N) is 6. The van der Waals surface area contributed by atoms with Gasteiger partial charge in [-0.3, -0.25) is 14.6 Å². The van der Waals surface area contributed by atoms with Gasteiger partial charge in [0.2, 0.25) is 5.95 Å². The van der Waals surface area contributed by atoms with Gasteiger partial charge in [-0.1, -0.05) is 54.1 Å². The van der Waals surface area contributed by atoms with Gasteiger partial charge in [-0.15, -0.1) is 0 Å². The van der Waals surface area contributed by atoms with E-state index in [0.29, 0.717) is 94.2 Å². The molecule has 0 atom stereocenters. The molecule has 114 heavy (non-hydrogen) atoms. The van der Waals surface area contributed by atoms with Crippen LogP contribution in [0.4, 0.5) is 44.9 Å². The van der Waals surface area contributed by atoms with Gasteiger partial charge < -0.3 is 76.7 Å². The van der Waals surface area contributed by atoms with Crippen molar-refractivity contribution >= 4 is 102 Å². The Morgan fingerprint density at radius 1 is 0.667 bits per heavy atom. The number of carbonyl (C=O) groups is 1. The fourth-order valence-electron chi connectivity index (χ4n) is 15.6. The number of nitrogen functional groups attached to an aromatic ring is 2. The quantitative estimate of drug-likeness (QED) is 0.0240. The van der Waals surface area contributed by atoms with Gasteiger partial charge in [0.05, 0.1) is 60.7 Å². The molecule has 16 rings (SSSR count). The van der Waals surface area contributed by atoms with Gasteiger partial charge in [-0.25, -0.2) is 38.7 Å². The highest BCUT2D eigenvalue weighted by molar-refractivity contribution is 6.31. The van der Waals surface area contributed by atoms with Gasteiger partial charge in [0.1, 0.15) is 65.3 Å². The fourth-order valence-corrected chi connectivity index (χ4v) is 15.8. The predicted octanol–water partition coefficient (Wildman–Crippen LogP) is 12.1. The first-order chi connectivity index (χ1) is 55.4. The highest BCUT2D eigenvalue weighted by atomic mass is 35.5. The fraction of sp³-hybridized carbons (Fsp3) is 0.422. The molecule has 11 N–H and O–H groups in total. The standard InChI is InChI=1S/C32H37N9O2.C29H34ClFN8.C22H33N7O3/c1-39-13-15-40(16-14-39)22-8-10-23(11-9-22)41-31-28(30(33)34-19-35-31)29(38-41)21-7-12-25(27(18-21)43-2)37-32(42)26-17-20-5-3-4-6-24(20)36-26;1-37-13-15-38(16-14-37)21-9-11-22(12-10-21)39-29-26(28(32)34-18-35-29)27(36-39)19-5-7-20(8-6-19)33-17-23-24(30)3-2-4-25(23)31;1-5-29-15-24-18-19(26-21(27-20(18)29)28-22(2,3)14-30)25-16-6-8-17(9-7-16)32-13-11-23-10-12-31-4/h3-7,12,17-19,22-23,36H,8-11,13-16H2,1-2H3,(H,37,42)(H2,33,34,35);2-8,18,21-22,33H,9-17H2,1H3,(H2,32,34,35);6-9,15,23,30H,5,10-14H2,1-4H3,(H2,25,26,27,28). The van der Waals surface area contributed by atoms with E-state index in [2.05, 4.69) is 110 Å². The number of aromatic amines is 1. The second kappa shape index (κ2) is 36.6. The van der Waals surface area contributed by atoms with E-state index < -0.39 is 5.54 Å². The largest absolute Gasteiger partial charge is 0.495 e. The zero-order chi connectivity index (χ0) is 79.4. The van der Waals surface area contributed by atoms with Crippen molar-refractivity contribution < 1.29 is 28.5 Å². The second-order valence-electron chi connectivity index (χ2n) is 30.4. The zero-order valence-electron chi connectivity index (χ0n) is 65.9. The zero-order valence-corrected chi connectivity index (χ0v) is 66.7. The first-order valence-corrected chi connectivity index (χ1v) is 39.8. The number of rotatable bonds is 25. The van der Waals surface area contributed by atoms with Crippen LogP contribution in [0.15, 0.2) is 134 Å². The topological polar surface area (TPSA) is 337 Å². The Balaban J connectivity index is 0.000000143. The molecule has 12 aromatic rings. The summed E-state index contributed by atoms with van der Waals surface area (Å²) in [6.45, 7) is 18.8. The number of aromatic nitrogens is 13. The van der Waals surface area contributed by atoms with Crippen LogP contribution in [0.2, 0.25) is 5.02 Å². The number of benzene rings is 5. The van der Waals surface area contributed by atoms with Gasteiger partial charge in [0.25, 0.3) is 5.91 Å². The Labute approximate surface area is 667 Å². The number of halogens is 2. The molecule has 4 fully saturated rings. The van der Waals surface area contributed by atoms with Crippen molar-refractivity contribution in [1.29, 1.82) is 0 Å². The van der Waals surface area contributed by atoms with Crippen molar-refractivity contribution in [3.63, 3.8) is 0 Å². The second-order valence-corrected chi connectivity index (χ2v) is 30.8. The van der Waals surface area contributed by atoms with Gasteiger partial charge >= 0.3 is 0 Å². The predicted molar refractivity (Wildman–Crippen MR) is 448 cm³/mol. The van der Waals surface area contributed by atoms with Crippen molar-refractivity contribution in [2.24, 2.45) is 0 Å². The van der Waals surface area contributed by atoms with Crippen LogP contribution in [0.5, 0.6) is 11.5 Å². The van der Waals surface area contributed by atoms with Crippen LogP contribution in [0.1, 0.15) is 100 Å². The molecule has 5 aromatic carbocycles. The lowest BCUT2D eigenvalue weighted by Crippen LogP contribution is -2.49. The van der Waals surface area contributed by atoms with E-state index in [1.807, 2.05) is 122 Å². The number of aliphatic hydroxyl groups is 1. The van der Waals surface area contributed by atoms with Crippen LogP contribution in [-0.2, 0) is 17.8 Å². The molecule has 9 heterocycles. The molecule has 1 amide bonds. The Bertz CT molecular complexity index is 5160. The number of aryl methyl sites for hydroxylation is 1. The van der Waals surface area contributed by atoms with Crippen LogP contribution in [0.25, 0.3) is 66.6 Å². The number of nitrogens with two attached hydrogens (primary N) is 2. The molecule has 0 unspecified atom stereocenters. The lowest BCUT2D eigenvalue weighted by atomic mass is 9.90. The van der Waals surface area contributed by atoms with Crippen molar-refractivity contribution in [3.8, 4) is 34.0 Å². The summed E-state index contributed by atoms with van der Waals surface area (Å²) >= 11 is 6.17. The molecule has 0 bridgehead atoms. The number of ether oxygens (including phenoxy) is 3. The first kappa shape index (κ1) is 79.9. The summed E-state index contributed by atoms with van der Waals surface area (Å²) in [6, 6.07) is 37.4. The number of anilines is 7. The lowest BCUT2D eigenvalue weighted by Gasteiger charge is -2.41. The number of piperazine rings is 2. The van der Waals surface area contributed by atoms with E-state index in [1.54, 1.807) is 32.7 Å². The number of amides is 1. The maximum atomic E-state index is 14.1. The van der Waals surface area contributed by atoms with E-state index in [9.17, 15) is 14.3 Å². The number of H-pyrrole nitrogens is 1. The summed E-state index contributed by atoms with van der Waals surface area (Å²) in [5.74, 6) is 2.59. The van der Waals surface area contributed by atoms with E-state index in [4.69, 9.17) is 47.5 Å². The number of methoxy groups -OCH3 is 2. The average molecular weight is 1570 g/mol. The highest BCUT2D eigenvalue weighted by Crippen LogP contribution is 2.42. The molecule has 0 spiro atoms. The lowest BCUT2D eigenvalue weighted by molar-refractivity contribution is 0.0815. The van der Waals surface area contributed by atoms with E-state index in [-0.39, 0.29) is 30.4 Å². The average Bonchev–Trinajstić information content (AvgIpc) is 1.61. The third-order valence-electron chi connectivity index (χ3n) is 22.2. The minimum Gasteiger partial charge on any atom is -0.495 e. The summed E-state index contributed by atoms with van der Waals surface area (Å²) in [6.07, 6.45) is 13.6. The Hall–Kier alpha value is -10.7. The monoisotopic (exact) mass is 1570 g/mol. The van der Waals surface area contributed by atoms with Crippen LogP contribution in [0.3, 0.4) is 0 Å². The minimum atomic E-state index is -0.556. The van der Waals surface area contributed by atoms with Gasteiger partial charge in [-0.2, -0.15) is 20.2 Å². The first-order valence-electron chi connectivity index (χ1n) is 39.4. The number of hydrogen-bond acceptors (Lipinski definition) is 24. The number of hydrogen-bond donors (Lipinski definition) is 9. The summed E-state index contributed by atoms with van der Waals surface area (Å²) < 4.78 is 36.7. The van der Waals surface area contributed by atoms with Gasteiger partial charge in [0, 0.05) is 142 Å². The van der Waals surface area contributed by atoms with Crippen LogP contribution >= 0.6 is 11.6 Å². The van der Waals surface area contributed by atoms with Gasteiger partial charge in [0.15, 0.2) is 28.3 Å². The SMILES string of the molecule is CCn1cnc2c(Nc3ccc(OCCNCCOC)cc3)nc(NC(C)(C)CO)nc21.CN1CCN(C2CCC(n3nc(-c4ccc(NCc5c(F)cccc5Cl)cc4)c4c(N)ncnc43)CC2)CC1.COc1cc(-c2nn(C3CCC(N4CCN(C)CC4)CC3)c3ncnc(N)c23)ccc1NC(=O)c1cc2ccccc2[nH]1. The number of nitrogens with zero attached hydrogens (tertiary/aromatic N) is 16. The Kier molecular flexibility index (Phi) is 25.7. The smallest absolute Gasteiger partial charge is 0.272 e. The molecular weight excluding hydrogens is 1470 g/mol. The minimum absolute atomic E-state index is 0.0481. The van der Waals surface area contributed by atoms with Crippen LogP contribution in [-0.4, -0.2) is 226 Å². The van der Waals surface area contributed by atoms with Crippen molar-refractivity contribution in [3.05, 3.63) is 156 Å². The highest BCUT2D eigenvalue weighted by Gasteiger charge is 2.34. The number of para-hydroxylation sites is 1. The summed E-state index contributed by atoms with van der Waals surface area (Å²) in [5.41, 5.74) is 22.5. The van der Waals surface area contributed by atoms with Crippen LogP contribution < -0.4 is 47.5 Å². The third kappa shape index (κ3) is 18.7. The number of imidazole rings is 1. The molecule has 600 valence electrons. The molecule has 29 nitrogen and oxygen atoms in total. The molecule has 0 radical (unpaired) electrons. The Morgan fingerprint density at radius 3 is 1.84 bits per heavy atom. The van der Waals surface area contributed by atoms with Crippen molar-refractivity contribution in [1.82, 2.24) is 88.9 Å². The number of likely N-dealkylation sites (N-methyl/N-ethyl adjacent to an activating group) is 2. The van der Waals surface area contributed by atoms with Crippen molar-refractivity contribution in [2.75, 3.05) is 146 Å². The molecule has 31 heteroatoms. The summed E-state index contributed by atoms with van der Waals surface area (Å²) in [5, 5.41) is 38.7. The van der Waals surface area contributed by atoms with E-state index in [0.717, 1.165) is 196 Å². The molecule has 2 aliphatic heterocycles. The summed E-state index contributed by atoms with van der Waals surface area (Å²) in [4.78, 5) is 57.9. The maximum Gasteiger partial charge on any atom is 0.272 e. The molecular formula is C83H104ClFN24O5. The van der Waals surface area contributed by atoms with Gasteiger partial charge in [-0.05, 0) is 159 Å². The number of fused-ring (bicyclic) bond motifs is 4.